The second-order valence-electron chi connectivity index (χ2n) is 3.09. The van der Waals surface area contributed by atoms with Crippen molar-refractivity contribution in [2.75, 3.05) is 7.11 Å². The first-order valence-electron chi connectivity index (χ1n) is 4.56. The molecule has 0 aliphatic carbocycles. The summed E-state index contributed by atoms with van der Waals surface area (Å²) in [6, 6.07) is 6.07. The lowest BCUT2D eigenvalue weighted by Gasteiger charge is -2.07. The molecule has 0 atom stereocenters. The zero-order valence-corrected chi connectivity index (χ0v) is 9.82. The quantitative estimate of drug-likeness (QED) is 0.711. The number of aromatic hydroxyl groups is 1. The van der Waals surface area contributed by atoms with Gasteiger partial charge in [-0.15, -0.1) is 0 Å². The average molecular weight is 260 g/mol. The fraction of sp³-hybridized carbons (Fsp3) is 0.222. The van der Waals surface area contributed by atoms with Gasteiger partial charge in [-0.1, -0.05) is 12.1 Å². The van der Waals surface area contributed by atoms with E-state index in [9.17, 15) is 13.2 Å². The van der Waals surface area contributed by atoms with E-state index in [-0.39, 0.29) is 12.3 Å². The number of carbonyl (C=O) groups is 1. The molecule has 94 valence electrons. The Bertz CT molecular complexity index is 500. The van der Waals surface area contributed by atoms with Gasteiger partial charge in [0.2, 0.25) is 0 Å². The smallest absolute Gasteiger partial charge is 0.421 e. The van der Waals surface area contributed by atoms with Gasteiger partial charge in [0.25, 0.3) is 0 Å². The maximum absolute atomic E-state index is 11.3. The summed E-state index contributed by atoms with van der Waals surface area (Å²) in [5, 5.41) is 9.16. The highest BCUT2D eigenvalue weighted by atomic mass is 32.2. The first-order valence-corrected chi connectivity index (χ1v) is 6.04. The van der Waals surface area contributed by atoms with Crippen molar-refractivity contribution < 1.29 is 23.1 Å². The molecule has 0 saturated heterocycles. The number of rotatable bonds is 4. The van der Waals surface area contributed by atoms with E-state index in [1.54, 1.807) is 16.9 Å². The van der Waals surface area contributed by atoms with Crippen LogP contribution < -0.4 is 9.44 Å². The Morgan fingerprint density at radius 1 is 1.47 bits per heavy atom. The molecule has 0 aromatic heterocycles. The van der Waals surface area contributed by atoms with Crippen molar-refractivity contribution >= 4 is 16.3 Å². The normalized spacial score (nSPS) is 10.9. The van der Waals surface area contributed by atoms with Gasteiger partial charge in [-0.05, 0) is 17.7 Å². The Hall–Kier alpha value is -1.80. The van der Waals surface area contributed by atoms with Crippen LogP contribution in [0.4, 0.5) is 4.79 Å². The third-order valence-electron chi connectivity index (χ3n) is 1.78. The molecular formula is C9H12N2O5S. The lowest BCUT2D eigenvalue weighted by atomic mass is 10.2. The second-order valence-corrected chi connectivity index (χ2v) is 4.59. The molecule has 1 rings (SSSR count). The van der Waals surface area contributed by atoms with Crippen molar-refractivity contribution in [3.05, 3.63) is 29.8 Å². The van der Waals surface area contributed by atoms with Crippen LogP contribution in [0.2, 0.25) is 0 Å². The fourth-order valence-corrected chi connectivity index (χ4v) is 1.76. The zero-order valence-electron chi connectivity index (χ0n) is 9.00. The molecule has 0 aliphatic rings. The summed E-state index contributed by atoms with van der Waals surface area (Å²) in [7, 11) is -2.90. The van der Waals surface area contributed by atoms with Crippen LogP contribution in [0, 0.1) is 0 Å². The van der Waals surface area contributed by atoms with Crippen molar-refractivity contribution in [3.8, 4) is 5.75 Å². The van der Waals surface area contributed by atoms with Gasteiger partial charge in [-0.2, -0.15) is 13.1 Å². The lowest BCUT2D eigenvalue weighted by molar-refractivity contribution is 0.177. The van der Waals surface area contributed by atoms with Gasteiger partial charge in [0.05, 0.1) is 7.11 Å². The van der Waals surface area contributed by atoms with Crippen LogP contribution in [0.5, 0.6) is 5.75 Å². The first kappa shape index (κ1) is 13.3. The summed E-state index contributed by atoms with van der Waals surface area (Å²) in [5.74, 6) is 0.0302. The van der Waals surface area contributed by atoms with Gasteiger partial charge in [-0.3, -0.25) is 0 Å². The summed E-state index contributed by atoms with van der Waals surface area (Å²) in [4.78, 5) is 10.7. The predicted molar refractivity (Wildman–Crippen MR) is 59.4 cm³/mol. The van der Waals surface area contributed by atoms with Gasteiger partial charge in [0, 0.05) is 6.54 Å². The van der Waals surface area contributed by atoms with E-state index in [0.717, 1.165) is 7.11 Å². The molecule has 3 N–H and O–H groups in total. The minimum atomic E-state index is -3.96. The Morgan fingerprint density at radius 3 is 2.76 bits per heavy atom. The van der Waals surface area contributed by atoms with Gasteiger partial charge in [-0.25, -0.2) is 9.52 Å². The molecule has 1 aromatic carbocycles. The maximum atomic E-state index is 11.3. The van der Waals surface area contributed by atoms with Crippen molar-refractivity contribution in [3.63, 3.8) is 0 Å². The van der Waals surface area contributed by atoms with Crippen LogP contribution in [0.25, 0.3) is 0 Å². The summed E-state index contributed by atoms with van der Waals surface area (Å²) in [6.07, 6.45) is -1.08. The van der Waals surface area contributed by atoms with E-state index in [1.165, 1.54) is 12.1 Å². The molecular weight excluding hydrogens is 248 g/mol. The number of amides is 1. The van der Waals surface area contributed by atoms with Crippen LogP contribution in [-0.2, 0) is 21.5 Å². The van der Waals surface area contributed by atoms with Crippen LogP contribution in [0.3, 0.4) is 0 Å². The standard InChI is InChI=1S/C9H12N2O5S/c1-16-9(13)11-17(14,15)10-6-7-3-2-4-8(12)5-7/h2-5,10,12H,6H2,1H3,(H,11,13). The van der Waals surface area contributed by atoms with Crippen LogP contribution in [-0.4, -0.2) is 26.7 Å². The number of nitrogens with one attached hydrogen (secondary N) is 2. The minimum Gasteiger partial charge on any atom is -0.508 e. The highest BCUT2D eigenvalue weighted by molar-refractivity contribution is 7.88. The molecule has 0 unspecified atom stereocenters. The number of phenolic OH excluding ortho intramolecular Hbond substituents is 1. The molecule has 7 nitrogen and oxygen atoms in total. The van der Waals surface area contributed by atoms with Gasteiger partial charge in [0.15, 0.2) is 0 Å². The summed E-state index contributed by atoms with van der Waals surface area (Å²) < 4.78 is 30.4. The first-order chi connectivity index (χ1) is 7.93. The number of benzene rings is 1. The number of hydrogen-bond donors (Lipinski definition) is 3. The topological polar surface area (TPSA) is 105 Å². The van der Waals surface area contributed by atoms with Crippen molar-refractivity contribution in [2.24, 2.45) is 0 Å². The summed E-state index contributed by atoms with van der Waals surface area (Å²) in [5.41, 5.74) is 0.556. The van der Waals surface area contributed by atoms with E-state index < -0.39 is 16.3 Å². The van der Waals surface area contributed by atoms with Crippen molar-refractivity contribution in [1.29, 1.82) is 0 Å². The van der Waals surface area contributed by atoms with Gasteiger partial charge in [0.1, 0.15) is 5.75 Å². The highest BCUT2D eigenvalue weighted by Gasteiger charge is 2.13. The molecule has 0 saturated carbocycles. The van der Waals surface area contributed by atoms with Crippen molar-refractivity contribution in [1.82, 2.24) is 9.44 Å². The number of hydrogen-bond acceptors (Lipinski definition) is 5. The van der Waals surface area contributed by atoms with Gasteiger partial charge < -0.3 is 9.84 Å². The van der Waals surface area contributed by atoms with Crippen molar-refractivity contribution in [2.45, 2.75) is 6.54 Å². The van der Waals surface area contributed by atoms with E-state index in [0.29, 0.717) is 5.56 Å². The Labute approximate surface area is 98.6 Å². The molecule has 17 heavy (non-hydrogen) atoms. The van der Waals surface area contributed by atoms with E-state index in [1.807, 2.05) is 0 Å². The minimum absolute atomic E-state index is 0.0302. The average Bonchev–Trinajstić information content (AvgIpc) is 2.26. The highest BCUT2D eigenvalue weighted by Crippen LogP contribution is 2.10. The molecule has 0 bridgehead atoms. The summed E-state index contributed by atoms with van der Waals surface area (Å²) >= 11 is 0. The molecule has 1 amide bonds. The SMILES string of the molecule is COC(=O)NS(=O)(=O)NCc1cccc(O)c1. The zero-order chi connectivity index (χ0) is 12.9. The Morgan fingerprint density at radius 2 is 2.18 bits per heavy atom. The maximum Gasteiger partial charge on any atom is 0.421 e. The lowest BCUT2D eigenvalue weighted by Crippen LogP contribution is -2.39. The van der Waals surface area contributed by atoms with Gasteiger partial charge >= 0.3 is 16.3 Å². The monoisotopic (exact) mass is 260 g/mol. The predicted octanol–water partition coefficient (Wildman–Crippen LogP) is 0.0826. The summed E-state index contributed by atoms with van der Waals surface area (Å²) in [6.45, 7) is -0.0548. The van der Waals surface area contributed by atoms with Crippen LogP contribution >= 0.6 is 0 Å². The Balaban J connectivity index is 2.58. The van der Waals surface area contributed by atoms with E-state index >= 15 is 0 Å². The molecule has 8 heteroatoms. The third kappa shape index (κ3) is 4.70. The number of phenols is 1. The van der Waals surface area contributed by atoms with Crippen LogP contribution in [0.1, 0.15) is 5.56 Å². The molecule has 1 aromatic rings. The molecule has 0 spiro atoms. The second kappa shape index (κ2) is 5.51. The molecule has 0 aliphatic heterocycles. The molecule has 0 fully saturated rings. The fourth-order valence-electron chi connectivity index (χ4n) is 1.03. The largest absolute Gasteiger partial charge is 0.508 e. The third-order valence-corrected chi connectivity index (χ3v) is 2.74. The number of carbonyl (C=O) groups excluding carboxylic acids is 1. The van der Waals surface area contributed by atoms with E-state index in [4.69, 9.17) is 5.11 Å². The molecule has 0 heterocycles. The van der Waals surface area contributed by atoms with E-state index in [2.05, 4.69) is 9.46 Å². The van der Waals surface area contributed by atoms with Crippen LogP contribution in [0.15, 0.2) is 24.3 Å². The number of ether oxygens (including phenoxy) is 1. The number of methoxy groups -OCH3 is 1. The molecule has 0 radical (unpaired) electrons. The Kier molecular flexibility index (Phi) is 4.30.